The van der Waals surface area contributed by atoms with Crippen LogP contribution in [0.4, 0.5) is 5.69 Å². The van der Waals surface area contributed by atoms with Crippen molar-refractivity contribution >= 4 is 17.6 Å². The molecule has 1 aromatic heterocycles. The second kappa shape index (κ2) is 5.83. The highest BCUT2D eigenvalue weighted by molar-refractivity contribution is 5.98. The largest absolute Gasteiger partial charge is 0.494 e. The quantitative estimate of drug-likeness (QED) is 0.809. The number of carboxylic acids is 1. The van der Waals surface area contributed by atoms with Crippen LogP contribution in [0.5, 0.6) is 5.75 Å². The van der Waals surface area contributed by atoms with Gasteiger partial charge in [0, 0.05) is 11.6 Å². The lowest BCUT2D eigenvalue weighted by Crippen LogP contribution is -2.17. The lowest BCUT2D eigenvalue weighted by molar-refractivity contribution is -0.139. The molecule has 2 saturated carbocycles. The average Bonchev–Trinajstić information content (AvgIpc) is 3.52. The molecule has 2 atom stereocenters. The Balaban J connectivity index is 1.59. The van der Waals surface area contributed by atoms with Crippen molar-refractivity contribution in [2.75, 3.05) is 12.4 Å². The first-order valence-electron chi connectivity index (χ1n) is 8.09. The summed E-state index contributed by atoms with van der Waals surface area (Å²) in [6.07, 6.45) is 2.48. The van der Waals surface area contributed by atoms with Crippen LogP contribution < -0.4 is 10.1 Å². The number of hydrogen-bond donors (Lipinski definition) is 2. The third kappa shape index (κ3) is 2.92. The first-order chi connectivity index (χ1) is 12.1. The Hall–Kier alpha value is -2.97. The summed E-state index contributed by atoms with van der Waals surface area (Å²) < 4.78 is 7.01. The van der Waals surface area contributed by atoms with Crippen molar-refractivity contribution in [3.05, 3.63) is 24.0 Å². The zero-order valence-corrected chi connectivity index (χ0v) is 13.5. The van der Waals surface area contributed by atoms with E-state index in [1.165, 1.54) is 0 Å². The molecule has 0 radical (unpaired) electrons. The number of aromatic nitrogens is 4. The van der Waals surface area contributed by atoms with Gasteiger partial charge in [-0.3, -0.25) is 9.59 Å². The van der Waals surface area contributed by atoms with E-state index in [2.05, 4.69) is 20.8 Å². The Bertz CT molecular complexity index is 845. The first kappa shape index (κ1) is 15.6. The van der Waals surface area contributed by atoms with Crippen molar-refractivity contribution in [1.29, 1.82) is 0 Å². The van der Waals surface area contributed by atoms with Crippen LogP contribution in [0, 0.1) is 11.8 Å². The normalized spacial score (nSPS) is 21.6. The van der Waals surface area contributed by atoms with Crippen molar-refractivity contribution in [1.82, 2.24) is 20.2 Å². The van der Waals surface area contributed by atoms with Crippen LogP contribution in [-0.4, -0.2) is 44.3 Å². The number of tetrazole rings is 1. The van der Waals surface area contributed by atoms with Crippen molar-refractivity contribution in [3.63, 3.8) is 0 Å². The Morgan fingerprint density at radius 1 is 1.32 bits per heavy atom. The summed E-state index contributed by atoms with van der Waals surface area (Å²) in [5, 5.41) is 23.6. The Labute approximate surface area is 143 Å². The minimum atomic E-state index is -0.932. The third-order valence-corrected chi connectivity index (χ3v) is 4.56. The lowest BCUT2D eigenvalue weighted by atomic mass is 10.2. The summed E-state index contributed by atoms with van der Waals surface area (Å²) in [7, 11) is 1.56. The molecule has 9 heteroatoms. The maximum Gasteiger partial charge on any atom is 0.307 e. The highest BCUT2D eigenvalue weighted by atomic mass is 16.5. The van der Waals surface area contributed by atoms with Gasteiger partial charge in [0.05, 0.1) is 18.9 Å². The molecule has 4 rings (SSSR count). The van der Waals surface area contributed by atoms with E-state index >= 15 is 0 Å². The molecule has 2 aliphatic carbocycles. The number of rotatable bonds is 6. The fourth-order valence-electron chi connectivity index (χ4n) is 2.89. The Morgan fingerprint density at radius 3 is 2.76 bits per heavy atom. The van der Waals surface area contributed by atoms with Crippen LogP contribution in [-0.2, 0) is 9.59 Å². The molecular weight excluding hydrogens is 326 g/mol. The molecule has 1 heterocycles. The van der Waals surface area contributed by atoms with Gasteiger partial charge < -0.3 is 15.2 Å². The smallest absolute Gasteiger partial charge is 0.307 e. The number of nitrogens with one attached hydrogen (secondary N) is 1. The van der Waals surface area contributed by atoms with E-state index < -0.39 is 17.8 Å². The van der Waals surface area contributed by atoms with Crippen LogP contribution >= 0.6 is 0 Å². The number of benzene rings is 1. The molecule has 9 nitrogen and oxygen atoms in total. The van der Waals surface area contributed by atoms with Gasteiger partial charge in [0.1, 0.15) is 11.4 Å². The standard InChI is InChI=1S/C16H17N5O4/c1-25-13-5-4-9(17-15(22)10-7-11(10)16(23)24)6-12(13)21-14(8-2-3-8)18-19-20-21/h4-6,8,10-11H,2-3,7H2,1H3,(H,17,22)(H,23,24). The number of carbonyl (C=O) groups is 2. The van der Waals surface area contributed by atoms with Gasteiger partial charge in [0.15, 0.2) is 5.82 Å². The third-order valence-electron chi connectivity index (χ3n) is 4.56. The number of anilines is 1. The van der Waals surface area contributed by atoms with E-state index in [9.17, 15) is 9.59 Å². The van der Waals surface area contributed by atoms with Gasteiger partial charge in [-0.15, -0.1) is 5.10 Å². The van der Waals surface area contributed by atoms with Gasteiger partial charge in [0.25, 0.3) is 0 Å². The van der Waals surface area contributed by atoms with Crippen LogP contribution in [0.2, 0.25) is 0 Å². The van der Waals surface area contributed by atoms with E-state index in [4.69, 9.17) is 9.84 Å². The SMILES string of the molecule is COc1ccc(NC(=O)C2CC2C(=O)O)cc1-n1nnnc1C1CC1. The fraction of sp³-hybridized carbons (Fsp3) is 0.438. The number of amides is 1. The predicted molar refractivity (Wildman–Crippen MR) is 85.5 cm³/mol. The molecule has 2 aliphatic rings. The second-order valence-electron chi connectivity index (χ2n) is 6.39. The van der Waals surface area contributed by atoms with E-state index in [1.807, 2.05) is 0 Å². The summed E-state index contributed by atoms with van der Waals surface area (Å²) in [6, 6.07) is 5.17. The van der Waals surface area contributed by atoms with Gasteiger partial charge in [-0.05, 0) is 47.9 Å². The van der Waals surface area contributed by atoms with Crippen molar-refractivity contribution in [2.24, 2.45) is 11.8 Å². The molecule has 0 saturated heterocycles. The molecule has 2 N–H and O–H groups in total. The Morgan fingerprint density at radius 2 is 2.12 bits per heavy atom. The number of carboxylic acid groups (broad SMARTS) is 1. The Kier molecular flexibility index (Phi) is 3.63. The summed E-state index contributed by atoms with van der Waals surface area (Å²) in [5.41, 5.74) is 1.19. The van der Waals surface area contributed by atoms with E-state index in [0.29, 0.717) is 29.5 Å². The van der Waals surface area contributed by atoms with Crippen molar-refractivity contribution in [3.8, 4) is 11.4 Å². The van der Waals surface area contributed by atoms with Crippen molar-refractivity contribution < 1.29 is 19.4 Å². The predicted octanol–water partition coefficient (Wildman–Crippen LogP) is 1.21. The number of hydrogen-bond acceptors (Lipinski definition) is 6. The van der Waals surface area contributed by atoms with Crippen molar-refractivity contribution in [2.45, 2.75) is 25.2 Å². The summed E-state index contributed by atoms with van der Waals surface area (Å²) in [4.78, 5) is 23.1. The van der Waals surface area contributed by atoms with Gasteiger partial charge in [-0.1, -0.05) is 0 Å². The van der Waals surface area contributed by atoms with Crippen LogP contribution in [0.15, 0.2) is 18.2 Å². The molecule has 1 amide bonds. The average molecular weight is 343 g/mol. The zero-order chi connectivity index (χ0) is 17.6. The molecule has 130 valence electrons. The van der Waals surface area contributed by atoms with Gasteiger partial charge in [0.2, 0.25) is 5.91 Å². The minimum absolute atomic E-state index is 0.289. The highest BCUT2D eigenvalue weighted by Crippen LogP contribution is 2.41. The zero-order valence-electron chi connectivity index (χ0n) is 13.5. The van der Waals surface area contributed by atoms with Crippen LogP contribution in [0.25, 0.3) is 5.69 Å². The molecule has 1 aromatic carbocycles. The molecule has 2 unspecified atom stereocenters. The van der Waals surface area contributed by atoms with Gasteiger partial charge >= 0.3 is 5.97 Å². The summed E-state index contributed by atoms with van der Waals surface area (Å²) in [6.45, 7) is 0. The molecule has 2 fully saturated rings. The summed E-state index contributed by atoms with van der Waals surface area (Å²) >= 11 is 0. The molecule has 25 heavy (non-hydrogen) atoms. The number of ether oxygens (including phenoxy) is 1. The monoisotopic (exact) mass is 343 g/mol. The number of nitrogens with zero attached hydrogens (tertiary/aromatic N) is 4. The molecule has 0 aliphatic heterocycles. The number of aliphatic carboxylic acids is 1. The van der Waals surface area contributed by atoms with Crippen LogP contribution in [0.3, 0.4) is 0 Å². The molecular formula is C16H17N5O4. The first-order valence-corrected chi connectivity index (χ1v) is 8.09. The molecule has 0 spiro atoms. The van der Waals surface area contributed by atoms with Gasteiger partial charge in [-0.25, -0.2) is 0 Å². The second-order valence-corrected chi connectivity index (χ2v) is 6.39. The maximum atomic E-state index is 12.2. The number of methoxy groups -OCH3 is 1. The topological polar surface area (TPSA) is 119 Å². The van der Waals surface area contributed by atoms with Gasteiger partial charge in [-0.2, -0.15) is 4.68 Å². The maximum absolute atomic E-state index is 12.2. The highest BCUT2D eigenvalue weighted by Gasteiger charge is 2.48. The minimum Gasteiger partial charge on any atom is -0.494 e. The fourth-order valence-corrected chi connectivity index (χ4v) is 2.89. The lowest BCUT2D eigenvalue weighted by Gasteiger charge is -2.12. The summed E-state index contributed by atoms with van der Waals surface area (Å²) in [5.74, 6) is -0.574. The van der Waals surface area contributed by atoms with E-state index in [0.717, 1.165) is 18.7 Å². The van der Waals surface area contributed by atoms with E-state index in [-0.39, 0.29) is 5.91 Å². The number of carbonyl (C=O) groups excluding carboxylic acids is 1. The molecule has 2 aromatic rings. The van der Waals surface area contributed by atoms with Crippen LogP contribution in [0.1, 0.15) is 31.0 Å². The van der Waals surface area contributed by atoms with E-state index in [1.54, 1.807) is 30.0 Å². The molecule has 0 bridgehead atoms.